The van der Waals surface area contributed by atoms with Gasteiger partial charge >= 0.3 is 0 Å². The molecule has 20 heavy (non-hydrogen) atoms. The zero-order valence-electron chi connectivity index (χ0n) is 12.7. The maximum atomic E-state index is 9.16. The highest BCUT2D eigenvalue weighted by Gasteiger charge is 2.13. The van der Waals surface area contributed by atoms with E-state index < -0.39 is 0 Å². The van der Waals surface area contributed by atoms with Crippen molar-refractivity contribution in [3.8, 4) is 5.75 Å². The second-order valence-corrected chi connectivity index (χ2v) is 4.97. The van der Waals surface area contributed by atoms with Crippen molar-refractivity contribution in [2.24, 2.45) is 0 Å². The van der Waals surface area contributed by atoms with Crippen LogP contribution in [0.2, 0.25) is 0 Å². The number of benzene rings is 1. The molecule has 114 valence electrons. The molecule has 0 radical (unpaired) electrons. The Labute approximate surface area is 122 Å². The Hall–Kier alpha value is -1.26. The smallest absolute Gasteiger partial charge is 0.142 e. The van der Waals surface area contributed by atoms with E-state index in [1.807, 2.05) is 24.3 Å². The number of rotatable bonds is 10. The van der Waals surface area contributed by atoms with Crippen LogP contribution in [-0.2, 0) is 0 Å². The average Bonchev–Trinajstić information content (AvgIpc) is 2.46. The quantitative estimate of drug-likeness (QED) is 0.511. The first-order valence-electron chi connectivity index (χ1n) is 7.55. The molecule has 0 aliphatic heterocycles. The first-order valence-corrected chi connectivity index (χ1v) is 7.55. The fourth-order valence-electron chi connectivity index (χ4n) is 2.47. The summed E-state index contributed by atoms with van der Waals surface area (Å²) in [5.74, 6) is 0.753. The molecular weight excluding hydrogens is 252 g/mol. The lowest BCUT2D eigenvalue weighted by Gasteiger charge is -2.29. The lowest BCUT2D eigenvalue weighted by Crippen LogP contribution is -2.37. The van der Waals surface area contributed by atoms with Crippen molar-refractivity contribution < 1.29 is 9.84 Å². The van der Waals surface area contributed by atoms with E-state index in [2.05, 4.69) is 18.7 Å². The summed E-state index contributed by atoms with van der Waals surface area (Å²) >= 11 is 0. The summed E-state index contributed by atoms with van der Waals surface area (Å²) in [5, 5.41) is 9.16. The van der Waals surface area contributed by atoms with E-state index in [1.54, 1.807) is 0 Å². The van der Waals surface area contributed by atoms with Gasteiger partial charge in [-0.1, -0.05) is 26.0 Å². The fourth-order valence-corrected chi connectivity index (χ4v) is 2.47. The van der Waals surface area contributed by atoms with Gasteiger partial charge < -0.3 is 15.6 Å². The topological polar surface area (TPSA) is 58.7 Å². The zero-order valence-corrected chi connectivity index (χ0v) is 12.7. The molecule has 1 rings (SSSR count). The summed E-state index contributed by atoms with van der Waals surface area (Å²) in [7, 11) is 0. The number of anilines is 1. The van der Waals surface area contributed by atoms with Gasteiger partial charge in [0, 0.05) is 19.1 Å². The highest BCUT2D eigenvalue weighted by atomic mass is 16.5. The molecule has 3 N–H and O–H groups in total. The third-order valence-corrected chi connectivity index (χ3v) is 3.61. The number of ether oxygens (including phenoxy) is 1. The lowest BCUT2D eigenvalue weighted by atomic mass is 10.1. The van der Waals surface area contributed by atoms with E-state index in [4.69, 9.17) is 15.6 Å². The van der Waals surface area contributed by atoms with Crippen LogP contribution in [0.5, 0.6) is 5.75 Å². The molecule has 0 bridgehead atoms. The van der Waals surface area contributed by atoms with Gasteiger partial charge in [0.15, 0.2) is 0 Å². The number of nitrogens with zero attached hydrogens (tertiary/aromatic N) is 1. The van der Waals surface area contributed by atoms with Gasteiger partial charge in [0.2, 0.25) is 0 Å². The molecule has 0 spiro atoms. The Kier molecular flexibility index (Phi) is 8.07. The summed E-state index contributed by atoms with van der Waals surface area (Å²) in [5.41, 5.74) is 6.51. The molecule has 1 aromatic carbocycles. The third-order valence-electron chi connectivity index (χ3n) is 3.61. The Balaban J connectivity index is 2.35. The van der Waals surface area contributed by atoms with Crippen molar-refractivity contribution in [2.45, 2.75) is 39.2 Å². The minimum atomic E-state index is 0.211. The van der Waals surface area contributed by atoms with Gasteiger partial charge in [0.1, 0.15) is 5.75 Å². The normalized spacial score (nSPS) is 11.2. The molecule has 1 aromatic rings. The van der Waals surface area contributed by atoms with Crippen LogP contribution in [-0.4, -0.2) is 42.4 Å². The van der Waals surface area contributed by atoms with E-state index in [9.17, 15) is 0 Å². The minimum absolute atomic E-state index is 0.211. The SMILES string of the molecule is CCC(CC)N(CCO)CCCOc1ccccc1N. The summed E-state index contributed by atoms with van der Waals surface area (Å²) in [6, 6.07) is 8.11. The third kappa shape index (κ3) is 5.39. The molecular formula is C16H28N2O2. The Morgan fingerprint density at radius 2 is 1.90 bits per heavy atom. The van der Waals surface area contributed by atoms with E-state index >= 15 is 0 Å². The van der Waals surface area contributed by atoms with E-state index in [0.717, 1.165) is 38.1 Å². The lowest BCUT2D eigenvalue weighted by molar-refractivity contribution is 0.134. The number of nitrogen functional groups attached to an aromatic ring is 1. The molecule has 0 heterocycles. The van der Waals surface area contributed by atoms with Crippen molar-refractivity contribution in [3.63, 3.8) is 0 Å². The maximum Gasteiger partial charge on any atom is 0.142 e. The standard InChI is InChI=1S/C16H28N2O2/c1-3-14(4-2)18(11-12-19)10-7-13-20-16-9-6-5-8-15(16)17/h5-6,8-9,14,19H,3-4,7,10-13,17H2,1-2H3. The second-order valence-electron chi connectivity index (χ2n) is 4.97. The van der Waals surface area contributed by atoms with Crippen LogP contribution in [0, 0.1) is 0 Å². The van der Waals surface area contributed by atoms with E-state index in [-0.39, 0.29) is 6.61 Å². The van der Waals surface area contributed by atoms with E-state index in [1.165, 1.54) is 0 Å². The minimum Gasteiger partial charge on any atom is -0.491 e. The van der Waals surface area contributed by atoms with Crippen molar-refractivity contribution >= 4 is 5.69 Å². The summed E-state index contributed by atoms with van der Waals surface area (Å²) < 4.78 is 5.70. The molecule has 0 unspecified atom stereocenters. The first-order chi connectivity index (χ1) is 9.72. The largest absolute Gasteiger partial charge is 0.491 e. The monoisotopic (exact) mass is 280 g/mol. The highest BCUT2D eigenvalue weighted by Crippen LogP contribution is 2.19. The van der Waals surface area contributed by atoms with Crippen molar-refractivity contribution in [2.75, 3.05) is 32.0 Å². The summed E-state index contributed by atoms with van der Waals surface area (Å²) in [6.07, 6.45) is 3.16. The van der Waals surface area contributed by atoms with Crippen LogP contribution in [0.1, 0.15) is 33.1 Å². The maximum absolute atomic E-state index is 9.16. The Morgan fingerprint density at radius 3 is 2.50 bits per heavy atom. The molecule has 4 nitrogen and oxygen atoms in total. The first kappa shape index (κ1) is 16.8. The average molecular weight is 280 g/mol. The molecule has 0 aromatic heterocycles. The van der Waals surface area contributed by atoms with Crippen LogP contribution < -0.4 is 10.5 Å². The Bertz CT molecular complexity index is 367. The van der Waals surface area contributed by atoms with Crippen LogP contribution in [0.4, 0.5) is 5.69 Å². The Morgan fingerprint density at radius 1 is 1.20 bits per heavy atom. The van der Waals surface area contributed by atoms with Crippen molar-refractivity contribution in [1.29, 1.82) is 0 Å². The fraction of sp³-hybridized carbons (Fsp3) is 0.625. The van der Waals surface area contributed by atoms with Gasteiger partial charge in [-0.2, -0.15) is 0 Å². The predicted octanol–water partition coefficient (Wildman–Crippen LogP) is 2.52. The van der Waals surface area contributed by atoms with Gasteiger partial charge in [-0.15, -0.1) is 0 Å². The second kappa shape index (κ2) is 9.61. The molecule has 0 fully saturated rings. The van der Waals surface area contributed by atoms with E-state index in [0.29, 0.717) is 18.3 Å². The molecule has 0 atom stereocenters. The van der Waals surface area contributed by atoms with Crippen LogP contribution in [0.15, 0.2) is 24.3 Å². The van der Waals surface area contributed by atoms with Gasteiger partial charge in [-0.05, 0) is 31.4 Å². The van der Waals surface area contributed by atoms with Crippen molar-refractivity contribution in [3.05, 3.63) is 24.3 Å². The number of aliphatic hydroxyl groups excluding tert-OH is 1. The molecule has 0 saturated heterocycles. The van der Waals surface area contributed by atoms with Crippen LogP contribution in [0.3, 0.4) is 0 Å². The molecule has 0 aliphatic rings. The number of aliphatic hydroxyl groups is 1. The van der Waals surface area contributed by atoms with Crippen molar-refractivity contribution in [1.82, 2.24) is 4.90 Å². The van der Waals surface area contributed by atoms with Gasteiger partial charge in [-0.3, -0.25) is 4.90 Å². The van der Waals surface area contributed by atoms with Crippen LogP contribution in [0.25, 0.3) is 0 Å². The summed E-state index contributed by atoms with van der Waals surface area (Å²) in [4.78, 5) is 2.34. The summed E-state index contributed by atoms with van der Waals surface area (Å²) in [6.45, 7) is 6.93. The number of para-hydroxylation sites is 2. The molecule has 4 heteroatoms. The van der Waals surface area contributed by atoms with Crippen LogP contribution >= 0.6 is 0 Å². The zero-order chi connectivity index (χ0) is 14.8. The highest BCUT2D eigenvalue weighted by molar-refractivity contribution is 5.51. The number of hydrogen-bond acceptors (Lipinski definition) is 4. The molecule has 0 aliphatic carbocycles. The molecule has 0 saturated carbocycles. The van der Waals surface area contributed by atoms with Gasteiger partial charge in [-0.25, -0.2) is 0 Å². The van der Waals surface area contributed by atoms with Gasteiger partial charge in [0.05, 0.1) is 18.9 Å². The number of nitrogens with two attached hydrogens (primary N) is 1. The molecule has 0 amide bonds. The number of hydrogen-bond donors (Lipinski definition) is 2. The van der Waals surface area contributed by atoms with Gasteiger partial charge in [0.25, 0.3) is 0 Å². The predicted molar refractivity (Wildman–Crippen MR) is 84.0 cm³/mol.